The minimum absolute atomic E-state index is 0.105. The topological polar surface area (TPSA) is 127 Å². The van der Waals surface area contributed by atoms with E-state index in [2.05, 4.69) is 15.5 Å². The number of nitrogens with zero attached hydrogens (tertiary/aromatic N) is 5. The Bertz CT molecular complexity index is 1110. The third-order valence-electron chi connectivity index (χ3n) is 3.92. The van der Waals surface area contributed by atoms with Crippen LogP contribution >= 0.6 is 0 Å². The summed E-state index contributed by atoms with van der Waals surface area (Å²) in [6.45, 7) is -0.115. The lowest BCUT2D eigenvalue weighted by molar-refractivity contribution is 0.278. The largest absolute Gasteiger partial charge is 0.508 e. The van der Waals surface area contributed by atoms with Gasteiger partial charge in [-0.3, -0.25) is 13.9 Å². The fourth-order valence-electron chi connectivity index (χ4n) is 2.62. The first kappa shape index (κ1) is 17.4. The molecule has 2 aromatic heterocycles. The number of benzene rings is 1. The Morgan fingerprint density at radius 1 is 1.27 bits per heavy atom. The van der Waals surface area contributed by atoms with E-state index in [1.807, 2.05) is 0 Å². The molecule has 1 aromatic carbocycles. The zero-order valence-electron chi connectivity index (χ0n) is 14.2. The average Bonchev–Trinajstić information content (AvgIpc) is 2.97. The Labute approximate surface area is 147 Å². The first-order chi connectivity index (χ1) is 12.4. The van der Waals surface area contributed by atoms with Crippen LogP contribution in [-0.4, -0.2) is 41.7 Å². The van der Waals surface area contributed by atoms with Gasteiger partial charge in [0.05, 0.1) is 12.8 Å². The zero-order valence-corrected chi connectivity index (χ0v) is 14.2. The number of aliphatic hydroxyl groups excluding tert-OH is 1. The van der Waals surface area contributed by atoms with E-state index in [9.17, 15) is 19.8 Å². The highest BCUT2D eigenvalue weighted by atomic mass is 16.3. The minimum atomic E-state index is -0.505. The number of phenols is 1. The number of rotatable bonds is 5. The van der Waals surface area contributed by atoms with E-state index >= 15 is 0 Å². The van der Waals surface area contributed by atoms with Gasteiger partial charge in [-0.15, -0.1) is 0 Å². The Kier molecular flexibility index (Phi) is 4.59. The van der Waals surface area contributed by atoms with Crippen molar-refractivity contribution in [2.45, 2.75) is 6.54 Å². The SMILES string of the molecule is Cn1c(=O)c2c(nc(NN=Cc3cccc(O)c3)n2CCO)n(C)c1=O. The summed E-state index contributed by atoms with van der Waals surface area (Å²) in [5, 5.41) is 22.8. The smallest absolute Gasteiger partial charge is 0.332 e. The molecule has 0 spiro atoms. The molecule has 3 N–H and O–H groups in total. The first-order valence-corrected chi connectivity index (χ1v) is 7.79. The molecule has 0 bridgehead atoms. The lowest BCUT2D eigenvalue weighted by Gasteiger charge is -2.07. The Hall–Kier alpha value is -3.40. The second-order valence-corrected chi connectivity index (χ2v) is 5.65. The summed E-state index contributed by atoms with van der Waals surface area (Å²) in [6.07, 6.45) is 1.47. The molecule has 2 heterocycles. The summed E-state index contributed by atoms with van der Waals surface area (Å²) >= 11 is 0. The van der Waals surface area contributed by atoms with Gasteiger partial charge in [-0.1, -0.05) is 12.1 Å². The number of aromatic nitrogens is 4. The van der Waals surface area contributed by atoms with Gasteiger partial charge in [-0.05, 0) is 17.7 Å². The molecule has 3 rings (SSSR count). The molecule has 0 aliphatic heterocycles. The molecule has 3 aromatic rings. The molecule has 26 heavy (non-hydrogen) atoms. The van der Waals surface area contributed by atoms with E-state index in [1.54, 1.807) is 18.2 Å². The van der Waals surface area contributed by atoms with Gasteiger partial charge in [0.2, 0.25) is 5.95 Å². The van der Waals surface area contributed by atoms with Gasteiger partial charge >= 0.3 is 5.69 Å². The van der Waals surface area contributed by atoms with Crippen molar-refractivity contribution in [1.29, 1.82) is 0 Å². The average molecular weight is 358 g/mol. The molecule has 0 aliphatic carbocycles. The van der Waals surface area contributed by atoms with Gasteiger partial charge in [-0.2, -0.15) is 10.1 Å². The van der Waals surface area contributed by atoms with Crippen LogP contribution in [0.2, 0.25) is 0 Å². The van der Waals surface area contributed by atoms with Crippen molar-refractivity contribution in [1.82, 2.24) is 18.7 Å². The summed E-state index contributed by atoms with van der Waals surface area (Å²) in [4.78, 5) is 28.8. The summed E-state index contributed by atoms with van der Waals surface area (Å²) < 4.78 is 3.71. The lowest BCUT2D eigenvalue weighted by atomic mass is 10.2. The van der Waals surface area contributed by atoms with Crippen LogP contribution in [0.25, 0.3) is 11.2 Å². The van der Waals surface area contributed by atoms with Crippen molar-refractivity contribution < 1.29 is 10.2 Å². The van der Waals surface area contributed by atoms with Crippen molar-refractivity contribution in [3.63, 3.8) is 0 Å². The molecule has 10 nitrogen and oxygen atoms in total. The van der Waals surface area contributed by atoms with E-state index in [0.29, 0.717) is 5.56 Å². The molecular formula is C16H18N6O4. The van der Waals surface area contributed by atoms with E-state index in [0.717, 1.165) is 4.57 Å². The molecular weight excluding hydrogens is 340 g/mol. The molecule has 0 amide bonds. The third-order valence-corrected chi connectivity index (χ3v) is 3.92. The second kappa shape index (κ2) is 6.84. The summed E-state index contributed by atoms with van der Waals surface area (Å²) in [7, 11) is 2.90. The summed E-state index contributed by atoms with van der Waals surface area (Å²) in [6, 6.07) is 6.50. The maximum Gasteiger partial charge on any atom is 0.332 e. The number of anilines is 1. The number of imidazole rings is 1. The molecule has 0 radical (unpaired) electrons. The number of hydrazone groups is 1. The Balaban J connectivity index is 2.07. The van der Waals surface area contributed by atoms with Gasteiger partial charge in [0.15, 0.2) is 11.2 Å². The fourth-order valence-corrected chi connectivity index (χ4v) is 2.62. The number of aromatic hydroxyl groups is 1. The van der Waals surface area contributed by atoms with Crippen LogP contribution < -0.4 is 16.7 Å². The number of hydrogen-bond donors (Lipinski definition) is 3. The Morgan fingerprint density at radius 3 is 2.73 bits per heavy atom. The molecule has 0 atom stereocenters. The van der Waals surface area contributed by atoms with Gasteiger partial charge in [0.25, 0.3) is 5.56 Å². The normalized spacial score (nSPS) is 11.5. The summed E-state index contributed by atoms with van der Waals surface area (Å²) in [5.74, 6) is 0.323. The van der Waals surface area contributed by atoms with Gasteiger partial charge in [-0.25, -0.2) is 10.2 Å². The minimum Gasteiger partial charge on any atom is -0.508 e. The van der Waals surface area contributed by atoms with E-state index in [1.165, 1.54) is 35.5 Å². The van der Waals surface area contributed by atoms with E-state index < -0.39 is 11.2 Å². The van der Waals surface area contributed by atoms with Crippen molar-refractivity contribution in [2.24, 2.45) is 19.2 Å². The highest BCUT2D eigenvalue weighted by Crippen LogP contribution is 2.15. The van der Waals surface area contributed by atoms with E-state index in [4.69, 9.17) is 0 Å². The number of fused-ring (bicyclic) bond motifs is 1. The number of nitrogens with one attached hydrogen (secondary N) is 1. The number of hydrogen-bond acceptors (Lipinski definition) is 7. The van der Waals surface area contributed by atoms with E-state index in [-0.39, 0.29) is 36.0 Å². The molecule has 10 heteroatoms. The predicted octanol–water partition coefficient (Wildman–Crippen LogP) is -0.422. The maximum atomic E-state index is 12.5. The van der Waals surface area contributed by atoms with Crippen molar-refractivity contribution in [3.8, 4) is 5.75 Å². The molecule has 0 unspecified atom stereocenters. The second-order valence-electron chi connectivity index (χ2n) is 5.65. The fraction of sp³-hybridized carbons (Fsp3) is 0.250. The highest BCUT2D eigenvalue weighted by molar-refractivity contribution is 5.81. The van der Waals surface area contributed by atoms with Gasteiger partial charge in [0.1, 0.15) is 5.75 Å². The van der Waals surface area contributed by atoms with Crippen LogP contribution in [0.5, 0.6) is 5.75 Å². The molecule has 0 saturated carbocycles. The number of aliphatic hydroxyl groups is 1. The lowest BCUT2D eigenvalue weighted by Crippen LogP contribution is -2.37. The van der Waals surface area contributed by atoms with Crippen molar-refractivity contribution in [3.05, 3.63) is 50.7 Å². The molecule has 0 fully saturated rings. The Morgan fingerprint density at radius 2 is 2.04 bits per heavy atom. The predicted molar refractivity (Wildman–Crippen MR) is 96.6 cm³/mol. The highest BCUT2D eigenvalue weighted by Gasteiger charge is 2.18. The standard InChI is InChI=1S/C16H18N6O4/c1-20-13-12(14(25)21(2)16(20)26)22(6-7-23)15(18-13)19-17-9-10-4-3-5-11(24)8-10/h3-5,8-9,23-24H,6-7H2,1-2H3,(H,18,19). The van der Waals surface area contributed by atoms with Crippen molar-refractivity contribution >= 4 is 23.3 Å². The zero-order chi connectivity index (χ0) is 18.8. The summed E-state index contributed by atoms with van der Waals surface area (Å²) in [5.41, 5.74) is 2.76. The van der Waals surface area contributed by atoms with Crippen LogP contribution in [0.1, 0.15) is 5.56 Å². The quantitative estimate of drug-likeness (QED) is 0.420. The maximum absolute atomic E-state index is 12.5. The first-order valence-electron chi connectivity index (χ1n) is 7.79. The van der Waals surface area contributed by atoms with Crippen LogP contribution in [0.4, 0.5) is 5.95 Å². The number of aryl methyl sites for hydroxylation is 1. The van der Waals surface area contributed by atoms with Gasteiger partial charge in [0, 0.05) is 20.6 Å². The third kappa shape index (κ3) is 2.97. The van der Waals surface area contributed by atoms with Crippen molar-refractivity contribution in [2.75, 3.05) is 12.0 Å². The van der Waals surface area contributed by atoms with Crippen LogP contribution in [-0.2, 0) is 20.6 Å². The molecule has 136 valence electrons. The molecule has 0 saturated heterocycles. The van der Waals surface area contributed by atoms with Crippen LogP contribution in [0, 0.1) is 0 Å². The van der Waals surface area contributed by atoms with Crippen LogP contribution in [0.15, 0.2) is 39.0 Å². The van der Waals surface area contributed by atoms with Crippen LogP contribution in [0.3, 0.4) is 0 Å². The molecule has 0 aliphatic rings. The monoisotopic (exact) mass is 358 g/mol. The number of phenolic OH excluding ortho intramolecular Hbond substituents is 1. The van der Waals surface area contributed by atoms with Gasteiger partial charge < -0.3 is 14.8 Å².